The van der Waals surface area contributed by atoms with Gasteiger partial charge < -0.3 is 14.8 Å². The average Bonchev–Trinajstić information content (AvgIpc) is 3.41. The van der Waals surface area contributed by atoms with Gasteiger partial charge in [-0.25, -0.2) is 0 Å². The van der Waals surface area contributed by atoms with Crippen LogP contribution in [0.4, 0.5) is 5.69 Å². The second kappa shape index (κ2) is 8.41. The number of carbonyl (C=O) groups excluding carboxylic acids is 1. The van der Waals surface area contributed by atoms with Crippen molar-refractivity contribution in [3.8, 4) is 11.3 Å². The zero-order valence-corrected chi connectivity index (χ0v) is 15.6. The van der Waals surface area contributed by atoms with Crippen LogP contribution in [-0.2, 0) is 17.9 Å². The Kier molecular flexibility index (Phi) is 5.55. The molecule has 0 aliphatic carbocycles. The van der Waals surface area contributed by atoms with Crippen molar-refractivity contribution in [2.45, 2.75) is 26.0 Å². The predicted octanol–water partition coefficient (Wildman–Crippen LogP) is 3.01. The molecule has 0 saturated carbocycles. The summed E-state index contributed by atoms with van der Waals surface area (Å²) in [5.41, 5.74) is 2.77. The number of aliphatic hydroxyl groups is 1. The zero-order valence-electron chi connectivity index (χ0n) is 15.6. The quantitative estimate of drug-likeness (QED) is 0.611. The molecule has 0 spiro atoms. The van der Waals surface area contributed by atoms with Gasteiger partial charge in [0.1, 0.15) is 18.1 Å². The van der Waals surface area contributed by atoms with Gasteiger partial charge in [-0.2, -0.15) is 5.10 Å². The van der Waals surface area contributed by atoms with Crippen molar-refractivity contribution < 1.29 is 14.3 Å². The van der Waals surface area contributed by atoms with Gasteiger partial charge in [-0.05, 0) is 55.3 Å². The molecule has 3 N–H and O–H groups in total. The van der Waals surface area contributed by atoms with Gasteiger partial charge in [0.25, 0.3) is 0 Å². The molecule has 1 aliphatic heterocycles. The lowest BCUT2D eigenvalue weighted by molar-refractivity contribution is -0.121. The molecule has 3 heterocycles. The molecule has 1 fully saturated rings. The lowest BCUT2D eigenvalue weighted by atomic mass is 9.97. The number of hydrogen-bond donors (Lipinski definition) is 3. The van der Waals surface area contributed by atoms with Crippen LogP contribution in [0.2, 0.25) is 0 Å². The number of piperidine rings is 1. The number of furan rings is 1. The van der Waals surface area contributed by atoms with Crippen LogP contribution >= 0.6 is 0 Å². The summed E-state index contributed by atoms with van der Waals surface area (Å²) in [6.45, 7) is 2.21. The Hall–Kier alpha value is -2.90. The van der Waals surface area contributed by atoms with Crippen LogP contribution in [0.5, 0.6) is 0 Å². The van der Waals surface area contributed by atoms with Crippen molar-refractivity contribution >= 4 is 11.6 Å². The standard InChI is InChI=1S/C21H24N4O3/c26-14-19-8-7-18(28-19)13-25-11-1-2-16(12-25)21(27)23-17-5-3-15(4-6-17)20-9-10-22-24-20/h3-10,16,26H,1-2,11-14H2,(H,22,24)(H,23,27). The Morgan fingerprint density at radius 2 is 2.04 bits per heavy atom. The van der Waals surface area contributed by atoms with E-state index in [0.29, 0.717) is 18.8 Å². The number of amides is 1. The van der Waals surface area contributed by atoms with Gasteiger partial charge in [-0.3, -0.25) is 14.8 Å². The molecule has 1 aliphatic rings. The topological polar surface area (TPSA) is 94.4 Å². The molecular formula is C21H24N4O3. The van der Waals surface area contributed by atoms with Crippen molar-refractivity contribution in [1.82, 2.24) is 15.1 Å². The monoisotopic (exact) mass is 380 g/mol. The molecule has 7 heteroatoms. The molecule has 7 nitrogen and oxygen atoms in total. The van der Waals surface area contributed by atoms with Crippen LogP contribution < -0.4 is 5.32 Å². The van der Waals surface area contributed by atoms with Crippen molar-refractivity contribution in [3.05, 3.63) is 60.2 Å². The van der Waals surface area contributed by atoms with E-state index in [0.717, 1.165) is 42.1 Å². The minimum Gasteiger partial charge on any atom is -0.462 e. The zero-order chi connectivity index (χ0) is 19.3. The number of nitrogens with one attached hydrogen (secondary N) is 2. The molecule has 1 atom stereocenters. The van der Waals surface area contributed by atoms with Crippen LogP contribution in [0.15, 0.2) is 53.1 Å². The summed E-state index contributed by atoms with van der Waals surface area (Å²) in [6.07, 6.45) is 3.58. The van der Waals surface area contributed by atoms with Gasteiger partial charge in [0.15, 0.2) is 0 Å². The molecule has 2 aromatic heterocycles. The normalized spacial score (nSPS) is 17.5. The van der Waals surface area contributed by atoms with Gasteiger partial charge in [0.2, 0.25) is 5.91 Å². The minimum atomic E-state index is -0.0931. The summed E-state index contributed by atoms with van der Waals surface area (Å²) < 4.78 is 5.57. The Morgan fingerprint density at radius 3 is 2.75 bits per heavy atom. The van der Waals surface area contributed by atoms with Crippen molar-refractivity contribution in [1.29, 1.82) is 0 Å². The molecule has 1 saturated heterocycles. The summed E-state index contributed by atoms with van der Waals surface area (Å²) in [5.74, 6) is 1.39. The van der Waals surface area contributed by atoms with E-state index in [-0.39, 0.29) is 18.4 Å². The molecule has 4 rings (SSSR count). The number of aliphatic hydroxyl groups excluding tert-OH is 1. The first-order valence-electron chi connectivity index (χ1n) is 9.53. The number of aromatic amines is 1. The van der Waals surface area contributed by atoms with Crippen LogP contribution in [0.25, 0.3) is 11.3 Å². The van der Waals surface area contributed by atoms with Gasteiger partial charge in [-0.1, -0.05) is 12.1 Å². The fourth-order valence-electron chi connectivity index (χ4n) is 3.62. The molecule has 0 radical (unpaired) electrons. The van der Waals surface area contributed by atoms with Crippen LogP contribution in [0, 0.1) is 5.92 Å². The van der Waals surface area contributed by atoms with Crippen molar-refractivity contribution in [2.24, 2.45) is 5.92 Å². The maximum atomic E-state index is 12.7. The molecular weight excluding hydrogens is 356 g/mol. The van der Waals surface area contributed by atoms with Crippen LogP contribution in [0.3, 0.4) is 0 Å². The summed E-state index contributed by atoms with van der Waals surface area (Å²) in [6, 6.07) is 13.3. The SMILES string of the molecule is O=C(Nc1ccc(-c2ccn[nH]2)cc1)C1CCCN(Cc2ccc(CO)o2)C1. The third-order valence-corrected chi connectivity index (χ3v) is 5.09. The van der Waals surface area contributed by atoms with Gasteiger partial charge in [-0.15, -0.1) is 0 Å². The fraction of sp³-hybridized carbons (Fsp3) is 0.333. The first-order valence-corrected chi connectivity index (χ1v) is 9.53. The number of H-pyrrole nitrogens is 1. The summed E-state index contributed by atoms with van der Waals surface area (Å²) in [4.78, 5) is 15.0. The number of aromatic nitrogens is 2. The molecule has 28 heavy (non-hydrogen) atoms. The second-order valence-corrected chi connectivity index (χ2v) is 7.14. The Labute approximate surface area is 163 Å². The van der Waals surface area contributed by atoms with E-state index in [4.69, 9.17) is 9.52 Å². The smallest absolute Gasteiger partial charge is 0.228 e. The summed E-state index contributed by atoms with van der Waals surface area (Å²) in [5, 5.41) is 19.0. The van der Waals surface area contributed by atoms with E-state index in [1.54, 1.807) is 12.3 Å². The van der Waals surface area contributed by atoms with E-state index in [1.807, 2.05) is 36.4 Å². The van der Waals surface area contributed by atoms with Crippen molar-refractivity contribution in [2.75, 3.05) is 18.4 Å². The maximum absolute atomic E-state index is 12.7. The number of benzene rings is 1. The first kappa shape index (κ1) is 18.5. The first-order chi connectivity index (χ1) is 13.7. The second-order valence-electron chi connectivity index (χ2n) is 7.14. The summed E-state index contributed by atoms with van der Waals surface area (Å²) in [7, 11) is 0. The third-order valence-electron chi connectivity index (χ3n) is 5.09. The Bertz CT molecular complexity index is 902. The molecule has 1 unspecified atom stereocenters. The van der Waals surface area contributed by atoms with Gasteiger partial charge in [0, 0.05) is 18.4 Å². The largest absolute Gasteiger partial charge is 0.462 e. The lowest BCUT2D eigenvalue weighted by Gasteiger charge is -2.31. The highest BCUT2D eigenvalue weighted by Crippen LogP contribution is 2.23. The number of rotatable bonds is 6. The van der Waals surface area contributed by atoms with Gasteiger partial charge in [0.05, 0.1) is 18.2 Å². The van der Waals surface area contributed by atoms with Crippen molar-refractivity contribution in [3.63, 3.8) is 0 Å². The van der Waals surface area contributed by atoms with E-state index in [1.165, 1.54) is 0 Å². The van der Waals surface area contributed by atoms with E-state index in [9.17, 15) is 4.79 Å². The highest BCUT2D eigenvalue weighted by Gasteiger charge is 2.26. The highest BCUT2D eigenvalue weighted by molar-refractivity contribution is 5.93. The molecule has 1 aromatic carbocycles. The van der Waals surface area contributed by atoms with E-state index >= 15 is 0 Å². The number of anilines is 1. The third kappa shape index (κ3) is 4.32. The number of likely N-dealkylation sites (tertiary alicyclic amines) is 1. The van der Waals surface area contributed by atoms with Crippen LogP contribution in [-0.4, -0.2) is 39.2 Å². The minimum absolute atomic E-state index is 0.0479. The lowest BCUT2D eigenvalue weighted by Crippen LogP contribution is -2.40. The number of nitrogens with zero attached hydrogens (tertiary/aromatic N) is 2. The van der Waals surface area contributed by atoms with E-state index in [2.05, 4.69) is 20.4 Å². The predicted molar refractivity (Wildman–Crippen MR) is 105 cm³/mol. The maximum Gasteiger partial charge on any atom is 0.228 e. The number of hydrogen-bond acceptors (Lipinski definition) is 5. The molecule has 1 amide bonds. The van der Waals surface area contributed by atoms with Gasteiger partial charge >= 0.3 is 0 Å². The molecule has 146 valence electrons. The Balaban J connectivity index is 1.33. The van der Waals surface area contributed by atoms with E-state index < -0.39 is 0 Å². The van der Waals surface area contributed by atoms with Crippen LogP contribution in [0.1, 0.15) is 24.4 Å². The number of carbonyl (C=O) groups is 1. The fourth-order valence-corrected chi connectivity index (χ4v) is 3.62. The highest BCUT2D eigenvalue weighted by atomic mass is 16.4. The average molecular weight is 380 g/mol. The summed E-state index contributed by atoms with van der Waals surface area (Å²) >= 11 is 0. The molecule has 0 bridgehead atoms. The molecule has 3 aromatic rings. The Morgan fingerprint density at radius 1 is 1.21 bits per heavy atom.